The Morgan fingerprint density at radius 2 is 2.19 bits per heavy atom. The molecule has 1 aromatic carbocycles. The van der Waals surface area contributed by atoms with Gasteiger partial charge in [-0.1, -0.05) is 24.3 Å². The lowest BCUT2D eigenvalue weighted by Gasteiger charge is -2.02. The molecule has 4 nitrogen and oxygen atoms in total. The molecule has 2 aromatic rings. The minimum Gasteiger partial charge on any atom is -0.478 e. The maximum atomic E-state index is 10.5. The smallest absolute Gasteiger partial charge is 0.328 e. The number of hydrogen-bond donors (Lipinski definition) is 2. The Labute approximate surface area is 92.3 Å². The van der Waals surface area contributed by atoms with E-state index in [0.29, 0.717) is 0 Å². The summed E-state index contributed by atoms with van der Waals surface area (Å²) in [6.45, 7) is 0. The summed E-state index contributed by atoms with van der Waals surface area (Å²) in [5, 5.41) is 8.59. The van der Waals surface area contributed by atoms with Gasteiger partial charge in [0.25, 0.3) is 0 Å². The number of aromatic amines is 1. The minimum atomic E-state index is -0.959. The van der Waals surface area contributed by atoms with Crippen molar-refractivity contribution in [3.8, 4) is 11.3 Å². The average molecular weight is 214 g/mol. The summed E-state index contributed by atoms with van der Waals surface area (Å²) in [6, 6.07) is 7.53. The Morgan fingerprint density at radius 1 is 1.38 bits per heavy atom. The van der Waals surface area contributed by atoms with Crippen LogP contribution in [0.15, 0.2) is 42.9 Å². The highest BCUT2D eigenvalue weighted by Gasteiger charge is 2.02. The molecule has 0 bridgehead atoms. The topological polar surface area (TPSA) is 66.0 Å². The number of carbonyl (C=O) groups is 1. The number of benzene rings is 1. The number of hydrogen-bond acceptors (Lipinski definition) is 2. The van der Waals surface area contributed by atoms with E-state index in [4.69, 9.17) is 5.11 Å². The van der Waals surface area contributed by atoms with E-state index in [2.05, 4.69) is 9.97 Å². The fraction of sp³-hybridized carbons (Fsp3) is 0. The second kappa shape index (κ2) is 4.44. The van der Waals surface area contributed by atoms with Gasteiger partial charge in [-0.25, -0.2) is 9.78 Å². The zero-order valence-electron chi connectivity index (χ0n) is 8.42. The summed E-state index contributed by atoms with van der Waals surface area (Å²) in [7, 11) is 0. The number of carboxylic acids is 1. The zero-order chi connectivity index (χ0) is 11.4. The van der Waals surface area contributed by atoms with Gasteiger partial charge >= 0.3 is 5.97 Å². The first-order valence-electron chi connectivity index (χ1n) is 4.76. The van der Waals surface area contributed by atoms with Crippen LogP contribution in [0.3, 0.4) is 0 Å². The molecule has 0 radical (unpaired) electrons. The van der Waals surface area contributed by atoms with Gasteiger partial charge in [0.15, 0.2) is 0 Å². The van der Waals surface area contributed by atoms with Crippen molar-refractivity contribution in [2.45, 2.75) is 0 Å². The van der Waals surface area contributed by atoms with Gasteiger partial charge in [-0.05, 0) is 11.6 Å². The highest BCUT2D eigenvalue weighted by molar-refractivity contribution is 5.87. The van der Waals surface area contributed by atoms with Gasteiger partial charge in [0.2, 0.25) is 0 Å². The lowest BCUT2D eigenvalue weighted by Crippen LogP contribution is -1.87. The van der Waals surface area contributed by atoms with E-state index in [1.54, 1.807) is 18.6 Å². The summed E-state index contributed by atoms with van der Waals surface area (Å²) in [5.41, 5.74) is 2.64. The van der Waals surface area contributed by atoms with Crippen molar-refractivity contribution in [3.63, 3.8) is 0 Å². The maximum absolute atomic E-state index is 10.5. The van der Waals surface area contributed by atoms with Gasteiger partial charge in [-0.3, -0.25) is 0 Å². The van der Waals surface area contributed by atoms with Crippen LogP contribution in [0.25, 0.3) is 17.3 Å². The fourth-order valence-corrected chi connectivity index (χ4v) is 1.45. The fourth-order valence-electron chi connectivity index (χ4n) is 1.45. The molecule has 2 rings (SSSR count). The van der Waals surface area contributed by atoms with Gasteiger partial charge in [0.05, 0.1) is 18.2 Å². The second-order valence-corrected chi connectivity index (χ2v) is 3.22. The van der Waals surface area contributed by atoms with Crippen LogP contribution in [0.4, 0.5) is 0 Å². The Kier molecular flexibility index (Phi) is 2.82. The van der Waals surface area contributed by atoms with E-state index < -0.39 is 5.97 Å². The van der Waals surface area contributed by atoms with E-state index in [1.807, 2.05) is 24.3 Å². The van der Waals surface area contributed by atoms with E-state index in [0.717, 1.165) is 22.9 Å². The van der Waals surface area contributed by atoms with E-state index in [1.165, 1.54) is 0 Å². The van der Waals surface area contributed by atoms with Crippen LogP contribution in [0, 0.1) is 0 Å². The Morgan fingerprint density at radius 3 is 2.88 bits per heavy atom. The minimum absolute atomic E-state index is 0.842. The molecule has 0 aliphatic heterocycles. The van der Waals surface area contributed by atoms with Gasteiger partial charge < -0.3 is 10.1 Å². The van der Waals surface area contributed by atoms with Crippen LogP contribution in [0.1, 0.15) is 5.56 Å². The number of aliphatic carboxylic acids is 1. The van der Waals surface area contributed by atoms with Gasteiger partial charge in [-0.15, -0.1) is 0 Å². The average Bonchev–Trinajstić information content (AvgIpc) is 2.80. The van der Waals surface area contributed by atoms with E-state index in [9.17, 15) is 4.79 Å². The monoisotopic (exact) mass is 214 g/mol. The van der Waals surface area contributed by atoms with Crippen LogP contribution in [0.2, 0.25) is 0 Å². The Bertz CT molecular complexity index is 516. The normalized spacial score (nSPS) is 10.8. The van der Waals surface area contributed by atoms with Crippen molar-refractivity contribution in [1.29, 1.82) is 0 Å². The highest BCUT2D eigenvalue weighted by atomic mass is 16.4. The first-order chi connectivity index (χ1) is 7.77. The molecule has 0 fully saturated rings. The lowest BCUT2D eigenvalue weighted by molar-refractivity contribution is -0.131. The van der Waals surface area contributed by atoms with Crippen LogP contribution in [-0.2, 0) is 4.79 Å². The molecule has 0 saturated heterocycles. The molecule has 1 aromatic heterocycles. The largest absolute Gasteiger partial charge is 0.478 e. The molecule has 0 atom stereocenters. The molecule has 4 heteroatoms. The summed E-state index contributed by atoms with van der Waals surface area (Å²) >= 11 is 0. The van der Waals surface area contributed by atoms with Crippen LogP contribution < -0.4 is 0 Å². The van der Waals surface area contributed by atoms with Crippen LogP contribution in [0.5, 0.6) is 0 Å². The molecule has 80 valence electrons. The molecule has 0 amide bonds. The molecule has 0 aliphatic rings. The van der Waals surface area contributed by atoms with Crippen molar-refractivity contribution in [3.05, 3.63) is 48.4 Å². The number of nitrogens with one attached hydrogen (secondary N) is 1. The summed E-state index contributed by atoms with van der Waals surface area (Å²) in [6.07, 6.45) is 5.98. The first kappa shape index (κ1) is 10.2. The summed E-state index contributed by atoms with van der Waals surface area (Å²) in [5.74, 6) is -0.959. The molecule has 0 saturated carbocycles. The molecule has 0 spiro atoms. The molecule has 0 aliphatic carbocycles. The SMILES string of the molecule is O=C(O)/C=C/c1ccccc1-c1cnc[nH]1. The predicted octanol–water partition coefficient (Wildman–Crippen LogP) is 2.17. The molecular weight excluding hydrogens is 204 g/mol. The third-order valence-corrected chi connectivity index (χ3v) is 2.15. The number of imidazole rings is 1. The number of aromatic nitrogens is 2. The standard InChI is InChI=1S/C12H10N2O2/c15-12(16)6-5-9-3-1-2-4-10(9)11-7-13-8-14-11/h1-8H,(H,13,14)(H,15,16)/b6-5+. The van der Waals surface area contributed by atoms with Crippen molar-refractivity contribution < 1.29 is 9.90 Å². The van der Waals surface area contributed by atoms with Gasteiger partial charge in [0.1, 0.15) is 0 Å². The molecular formula is C12H10N2O2. The van der Waals surface area contributed by atoms with Crippen molar-refractivity contribution >= 4 is 12.0 Å². The summed E-state index contributed by atoms with van der Waals surface area (Å²) in [4.78, 5) is 17.4. The van der Waals surface area contributed by atoms with Crippen LogP contribution in [-0.4, -0.2) is 21.0 Å². The lowest BCUT2D eigenvalue weighted by atomic mass is 10.0. The third kappa shape index (κ3) is 2.17. The molecule has 16 heavy (non-hydrogen) atoms. The number of H-pyrrole nitrogens is 1. The van der Waals surface area contributed by atoms with E-state index in [-0.39, 0.29) is 0 Å². The first-order valence-corrected chi connectivity index (χ1v) is 4.76. The maximum Gasteiger partial charge on any atom is 0.328 e. The number of carboxylic acid groups (broad SMARTS) is 1. The Hall–Kier alpha value is -2.36. The summed E-state index contributed by atoms with van der Waals surface area (Å²) < 4.78 is 0. The third-order valence-electron chi connectivity index (χ3n) is 2.15. The quantitative estimate of drug-likeness (QED) is 0.769. The van der Waals surface area contributed by atoms with Crippen LogP contribution >= 0.6 is 0 Å². The molecule has 2 N–H and O–H groups in total. The number of rotatable bonds is 3. The van der Waals surface area contributed by atoms with Crippen molar-refractivity contribution in [2.75, 3.05) is 0 Å². The highest BCUT2D eigenvalue weighted by Crippen LogP contribution is 2.21. The Balaban J connectivity index is 2.42. The van der Waals surface area contributed by atoms with Gasteiger partial charge in [-0.2, -0.15) is 0 Å². The van der Waals surface area contributed by atoms with Gasteiger partial charge in [0, 0.05) is 11.6 Å². The number of nitrogens with zero attached hydrogens (tertiary/aromatic N) is 1. The van der Waals surface area contributed by atoms with E-state index >= 15 is 0 Å². The van der Waals surface area contributed by atoms with Crippen molar-refractivity contribution in [2.24, 2.45) is 0 Å². The zero-order valence-corrected chi connectivity index (χ0v) is 8.42. The molecule has 1 heterocycles. The predicted molar refractivity (Wildman–Crippen MR) is 60.7 cm³/mol. The van der Waals surface area contributed by atoms with Crippen molar-refractivity contribution in [1.82, 2.24) is 9.97 Å². The molecule has 0 unspecified atom stereocenters. The second-order valence-electron chi connectivity index (χ2n) is 3.22.